The SMILES string of the molecule is COC(=O)c1ccc(C)c(-n2c(C)cc(/C=C3/SC(=NC(C)C)N(C(C)C)C3=O)c2C)c1. The van der Waals surface area contributed by atoms with Crippen molar-refractivity contribution >= 4 is 34.9 Å². The first kappa shape index (κ1) is 23.9. The summed E-state index contributed by atoms with van der Waals surface area (Å²) in [6.07, 6.45) is 1.95. The molecule has 1 saturated heterocycles. The number of aliphatic imine (C=N–C) groups is 1. The van der Waals surface area contributed by atoms with Gasteiger partial charge in [0, 0.05) is 29.2 Å². The maximum absolute atomic E-state index is 13.1. The van der Waals surface area contributed by atoms with Crippen molar-refractivity contribution in [2.75, 3.05) is 7.11 Å². The third-order valence-electron chi connectivity index (χ3n) is 5.35. The molecule has 1 aromatic heterocycles. The lowest BCUT2D eigenvalue weighted by Gasteiger charge is -2.20. The molecule has 0 saturated carbocycles. The maximum atomic E-state index is 13.1. The number of benzene rings is 1. The number of carbonyl (C=O) groups excluding carboxylic acids is 2. The molecule has 0 atom stereocenters. The molecular weight excluding hydrogens is 422 g/mol. The third kappa shape index (κ3) is 4.53. The number of rotatable bonds is 5. The van der Waals surface area contributed by atoms with Crippen LogP contribution in [0.15, 0.2) is 34.2 Å². The highest BCUT2D eigenvalue weighted by atomic mass is 32.2. The lowest BCUT2D eigenvalue weighted by Crippen LogP contribution is -2.35. The second-order valence-electron chi connectivity index (χ2n) is 8.54. The van der Waals surface area contributed by atoms with Crippen LogP contribution in [-0.2, 0) is 9.53 Å². The van der Waals surface area contributed by atoms with Crippen molar-refractivity contribution in [3.05, 3.63) is 57.2 Å². The average Bonchev–Trinajstić information content (AvgIpc) is 3.16. The molecule has 0 bridgehead atoms. The fraction of sp³-hybridized carbons (Fsp3) is 0.400. The first-order valence-corrected chi connectivity index (χ1v) is 11.6. The van der Waals surface area contributed by atoms with Gasteiger partial charge >= 0.3 is 5.97 Å². The van der Waals surface area contributed by atoms with Crippen LogP contribution in [0.3, 0.4) is 0 Å². The highest BCUT2D eigenvalue weighted by molar-refractivity contribution is 8.18. The Balaban J connectivity index is 2.07. The van der Waals surface area contributed by atoms with E-state index in [2.05, 4.69) is 15.6 Å². The normalized spacial score (nSPS) is 16.8. The molecule has 1 aliphatic heterocycles. The number of methoxy groups -OCH3 is 1. The van der Waals surface area contributed by atoms with Gasteiger partial charge in [-0.15, -0.1) is 0 Å². The Morgan fingerprint density at radius 3 is 2.41 bits per heavy atom. The summed E-state index contributed by atoms with van der Waals surface area (Å²) in [4.78, 5) is 32.2. The smallest absolute Gasteiger partial charge is 0.337 e. The molecule has 0 aliphatic carbocycles. The Hall–Kier alpha value is -2.80. The van der Waals surface area contributed by atoms with Crippen LogP contribution in [0.1, 0.15) is 60.6 Å². The Labute approximate surface area is 194 Å². The summed E-state index contributed by atoms with van der Waals surface area (Å²) in [6, 6.07) is 7.75. The van der Waals surface area contributed by atoms with E-state index in [1.807, 2.05) is 66.7 Å². The number of aryl methyl sites for hydroxylation is 2. The molecule has 2 heterocycles. The van der Waals surface area contributed by atoms with Crippen LogP contribution in [0.2, 0.25) is 0 Å². The molecule has 0 N–H and O–H groups in total. The Morgan fingerprint density at radius 2 is 1.81 bits per heavy atom. The van der Waals surface area contributed by atoms with Crippen LogP contribution in [0.4, 0.5) is 0 Å². The molecule has 170 valence electrons. The largest absolute Gasteiger partial charge is 0.465 e. The van der Waals surface area contributed by atoms with Gasteiger partial charge in [-0.1, -0.05) is 6.07 Å². The number of carbonyl (C=O) groups is 2. The molecule has 1 aromatic carbocycles. The number of amides is 1. The second-order valence-corrected chi connectivity index (χ2v) is 9.55. The molecule has 3 rings (SSSR count). The van der Waals surface area contributed by atoms with Crippen LogP contribution >= 0.6 is 11.8 Å². The zero-order valence-corrected chi connectivity index (χ0v) is 20.8. The van der Waals surface area contributed by atoms with Crippen LogP contribution in [0.5, 0.6) is 0 Å². The van der Waals surface area contributed by atoms with E-state index >= 15 is 0 Å². The zero-order valence-electron chi connectivity index (χ0n) is 20.0. The van der Waals surface area contributed by atoms with Crippen molar-refractivity contribution < 1.29 is 14.3 Å². The lowest BCUT2D eigenvalue weighted by atomic mass is 10.1. The average molecular weight is 454 g/mol. The summed E-state index contributed by atoms with van der Waals surface area (Å²) in [6.45, 7) is 14.1. The number of ether oxygens (including phenoxy) is 1. The highest BCUT2D eigenvalue weighted by Gasteiger charge is 2.35. The van der Waals surface area contributed by atoms with Crippen molar-refractivity contribution in [2.24, 2.45) is 4.99 Å². The van der Waals surface area contributed by atoms with Crippen molar-refractivity contribution in [3.63, 3.8) is 0 Å². The number of aromatic nitrogens is 1. The summed E-state index contributed by atoms with van der Waals surface area (Å²) < 4.78 is 7.00. The predicted octanol–water partition coefficient (Wildman–Crippen LogP) is 5.28. The number of thioether (sulfide) groups is 1. The summed E-state index contributed by atoms with van der Waals surface area (Å²) >= 11 is 1.43. The van der Waals surface area contributed by atoms with E-state index in [1.165, 1.54) is 18.9 Å². The Bertz CT molecular complexity index is 1130. The molecule has 0 radical (unpaired) electrons. The second kappa shape index (κ2) is 9.36. The summed E-state index contributed by atoms with van der Waals surface area (Å²) in [5, 5.41) is 0.752. The number of nitrogens with zero attached hydrogens (tertiary/aromatic N) is 3. The minimum atomic E-state index is -0.366. The molecule has 32 heavy (non-hydrogen) atoms. The molecule has 1 amide bonds. The molecular formula is C25H31N3O3S. The van der Waals surface area contributed by atoms with Gasteiger partial charge in [-0.05, 0) is 95.6 Å². The van der Waals surface area contributed by atoms with Gasteiger partial charge in [0.15, 0.2) is 5.17 Å². The van der Waals surface area contributed by atoms with Crippen LogP contribution in [0, 0.1) is 20.8 Å². The van der Waals surface area contributed by atoms with Crippen molar-refractivity contribution in [1.29, 1.82) is 0 Å². The standard InChI is InChI=1S/C25H31N3O3S/c1-14(2)26-25-27(15(3)4)23(29)22(32-25)13-20-11-17(6)28(18(20)7)21-12-19(24(30)31-8)10-9-16(21)5/h9-15H,1-8H3/b22-13+,26-25?. The highest BCUT2D eigenvalue weighted by Crippen LogP contribution is 2.35. The number of hydrogen-bond donors (Lipinski definition) is 0. The van der Waals surface area contributed by atoms with Crippen molar-refractivity contribution in [3.8, 4) is 5.69 Å². The predicted molar refractivity (Wildman–Crippen MR) is 131 cm³/mol. The molecule has 7 heteroatoms. The van der Waals surface area contributed by atoms with E-state index < -0.39 is 0 Å². The van der Waals surface area contributed by atoms with E-state index in [9.17, 15) is 9.59 Å². The zero-order chi connectivity index (χ0) is 23.7. The molecule has 1 fully saturated rings. The fourth-order valence-corrected chi connectivity index (χ4v) is 5.02. The van der Waals surface area contributed by atoms with Gasteiger partial charge in [-0.3, -0.25) is 14.7 Å². The minimum absolute atomic E-state index is 0.0157. The molecule has 2 aromatic rings. The molecule has 0 unspecified atom stereocenters. The van der Waals surface area contributed by atoms with Crippen LogP contribution in [0.25, 0.3) is 11.8 Å². The van der Waals surface area contributed by atoms with E-state index in [4.69, 9.17) is 4.74 Å². The first-order chi connectivity index (χ1) is 15.0. The van der Waals surface area contributed by atoms with Crippen LogP contribution < -0.4 is 0 Å². The van der Waals surface area contributed by atoms with E-state index in [0.717, 1.165) is 33.4 Å². The summed E-state index contributed by atoms with van der Waals surface area (Å²) in [7, 11) is 1.38. The molecule has 0 spiro atoms. The minimum Gasteiger partial charge on any atom is -0.465 e. The van der Waals surface area contributed by atoms with Gasteiger partial charge < -0.3 is 9.30 Å². The molecule has 6 nitrogen and oxygen atoms in total. The topological polar surface area (TPSA) is 63.9 Å². The van der Waals surface area contributed by atoms with Gasteiger partial charge in [0.2, 0.25) is 0 Å². The van der Waals surface area contributed by atoms with Crippen molar-refractivity contribution in [2.45, 2.75) is 60.5 Å². The van der Waals surface area contributed by atoms with Gasteiger partial charge in [0.05, 0.1) is 17.6 Å². The van der Waals surface area contributed by atoms with Gasteiger partial charge in [0.1, 0.15) is 0 Å². The van der Waals surface area contributed by atoms with E-state index in [0.29, 0.717) is 10.5 Å². The number of amidine groups is 1. The first-order valence-electron chi connectivity index (χ1n) is 10.7. The van der Waals surface area contributed by atoms with E-state index in [1.54, 1.807) is 11.0 Å². The monoisotopic (exact) mass is 453 g/mol. The van der Waals surface area contributed by atoms with Crippen LogP contribution in [-0.4, -0.2) is 45.7 Å². The number of esters is 1. The number of hydrogen-bond acceptors (Lipinski definition) is 5. The molecule has 1 aliphatic rings. The Kier molecular flexibility index (Phi) is 6.98. The summed E-state index contributed by atoms with van der Waals surface area (Å²) in [5.41, 5.74) is 5.46. The lowest BCUT2D eigenvalue weighted by molar-refractivity contribution is -0.123. The third-order valence-corrected chi connectivity index (χ3v) is 6.35. The fourth-order valence-electron chi connectivity index (χ4n) is 3.79. The van der Waals surface area contributed by atoms with Gasteiger partial charge in [-0.25, -0.2) is 4.79 Å². The Morgan fingerprint density at radius 1 is 1.12 bits per heavy atom. The van der Waals surface area contributed by atoms with E-state index in [-0.39, 0.29) is 24.0 Å². The van der Waals surface area contributed by atoms with Gasteiger partial charge in [-0.2, -0.15) is 0 Å². The quantitative estimate of drug-likeness (QED) is 0.456. The summed E-state index contributed by atoms with van der Waals surface area (Å²) in [5.74, 6) is -0.382. The van der Waals surface area contributed by atoms with Gasteiger partial charge in [0.25, 0.3) is 5.91 Å². The maximum Gasteiger partial charge on any atom is 0.337 e. The van der Waals surface area contributed by atoms with Crippen molar-refractivity contribution in [1.82, 2.24) is 9.47 Å².